The number of thiophene rings is 2. The molecule has 0 saturated heterocycles. The van der Waals surface area contributed by atoms with Crippen LogP contribution in [-0.4, -0.2) is 5.84 Å². The van der Waals surface area contributed by atoms with Crippen molar-refractivity contribution >= 4 is 39.2 Å². The second kappa shape index (κ2) is 6.92. The third kappa shape index (κ3) is 3.84. The van der Waals surface area contributed by atoms with Crippen molar-refractivity contribution in [3.8, 4) is 0 Å². The van der Waals surface area contributed by atoms with Gasteiger partial charge in [0.25, 0.3) is 0 Å². The number of hydrogen-bond acceptors (Lipinski definition) is 5. The van der Waals surface area contributed by atoms with Crippen molar-refractivity contribution in [1.29, 1.82) is 0 Å². The molecule has 3 aromatic rings. The minimum absolute atomic E-state index is 0.563. The molecule has 2 heterocycles. The molecule has 0 unspecified atom stereocenters. The number of hydrogen-bond donors (Lipinski definition) is 1. The zero-order valence-electron chi connectivity index (χ0n) is 11.0. The van der Waals surface area contributed by atoms with Gasteiger partial charge in [-0.25, -0.2) is 0 Å². The van der Waals surface area contributed by atoms with Gasteiger partial charge in [-0.05, 0) is 41.1 Å². The lowest BCUT2D eigenvalue weighted by Gasteiger charge is -2.01. The third-order valence-electron chi connectivity index (χ3n) is 2.59. The van der Waals surface area contributed by atoms with Crippen LogP contribution in [0, 0.1) is 0 Å². The van der Waals surface area contributed by atoms with E-state index in [1.165, 1.54) is 0 Å². The molecular weight excluding hydrogens is 300 g/mol. The number of para-hydroxylation sites is 1. The first-order valence-corrected chi connectivity index (χ1v) is 8.10. The summed E-state index contributed by atoms with van der Waals surface area (Å²) in [7, 11) is 0. The van der Waals surface area contributed by atoms with Crippen molar-refractivity contribution in [2.75, 3.05) is 5.43 Å². The Balaban J connectivity index is 1.82. The van der Waals surface area contributed by atoms with Crippen molar-refractivity contribution in [1.82, 2.24) is 0 Å². The van der Waals surface area contributed by atoms with Gasteiger partial charge in [-0.3, -0.25) is 5.43 Å². The summed E-state index contributed by atoms with van der Waals surface area (Å²) < 4.78 is 0. The van der Waals surface area contributed by atoms with Gasteiger partial charge in [-0.15, -0.1) is 21.6 Å². The van der Waals surface area contributed by atoms with Crippen molar-refractivity contribution < 1.29 is 0 Å². The number of rotatable bonds is 4. The van der Waals surface area contributed by atoms with Gasteiger partial charge < -0.3 is 0 Å². The predicted octanol–water partition coefficient (Wildman–Crippen LogP) is 5.37. The molecule has 0 aliphatic rings. The minimum atomic E-state index is 0.563. The van der Waals surface area contributed by atoms with Crippen molar-refractivity contribution in [3.63, 3.8) is 0 Å². The molecule has 104 valence electrons. The molecule has 6 heteroatoms. The Bertz CT molecular complexity index is 716. The van der Waals surface area contributed by atoms with Crippen molar-refractivity contribution in [2.24, 2.45) is 15.3 Å². The summed E-state index contributed by atoms with van der Waals surface area (Å²) in [6.07, 6.45) is 0. The van der Waals surface area contributed by atoms with E-state index in [4.69, 9.17) is 0 Å². The van der Waals surface area contributed by atoms with Crippen LogP contribution < -0.4 is 5.43 Å². The van der Waals surface area contributed by atoms with Gasteiger partial charge in [0.05, 0.1) is 5.69 Å². The number of benzene rings is 1. The van der Waals surface area contributed by atoms with Crippen LogP contribution in [0.3, 0.4) is 0 Å². The number of anilines is 1. The molecule has 0 radical (unpaired) electrons. The van der Waals surface area contributed by atoms with Crippen LogP contribution in [0.25, 0.3) is 0 Å². The zero-order valence-corrected chi connectivity index (χ0v) is 12.6. The van der Waals surface area contributed by atoms with Crippen LogP contribution in [0.15, 0.2) is 80.0 Å². The molecule has 21 heavy (non-hydrogen) atoms. The van der Waals surface area contributed by atoms with E-state index in [1.54, 1.807) is 22.7 Å². The summed E-state index contributed by atoms with van der Waals surface area (Å²) in [5.41, 5.74) is 4.87. The van der Waals surface area contributed by atoms with Gasteiger partial charge in [-0.2, -0.15) is 16.4 Å². The van der Waals surface area contributed by atoms with Crippen LogP contribution in [0.4, 0.5) is 10.7 Å². The average molecular weight is 312 g/mol. The molecule has 1 N–H and O–H groups in total. The molecule has 2 aromatic heterocycles. The number of azo groups is 1. The van der Waals surface area contributed by atoms with Crippen LogP contribution in [0.5, 0.6) is 0 Å². The molecular formula is C15H12N4S2. The Morgan fingerprint density at radius 3 is 2.57 bits per heavy atom. The second-order valence-electron chi connectivity index (χ2n) is 4.08. The molecule has 3 rings (SSSR count). The largest absolute Gasteiger partial charge is 0.276 e. The van der Waals surface area contributed by atoms with Crippen LogP contribution in [0.1, 0.15) is 5.56 Å². The van der Waals surface area contributed by atoms with E-state index in [0.29, 0.717) is 5.84 Å². The van der Waals surface area contributed by atoms with Gasteiger partial charge in [-0.1, -0.05) is 18.2 Å². The highest BCUT2D eigenvalue weighted by Crippen LogP contribution is 2.20. The van der Waals surface area contributed by atoms with E-state index < -0.39 is 0 Å². The molecule has 4 nitrogen and oxygen atoms in total. The third-order valence-corrected chi connectivity index (χ3v) is 4.03. The summed E-state index contributed by atoms with van der Waals surface area (Å²) in [4.78, 5) is 0. The molecule has 0 saturated carbocycles. The van der Waals surface area contributed by atoms with E-state index in [-0.39, 0.29) is 0 Å². The maximum Gasteiger partial charge on any atom is 0.202 e. The molecule has 0 fully saturated rings. The first kappa shape index (κ1) is 13.7. The standard InChI is InChI=1S/C15H12N4S2/c1-2-5-13(6-3-1)16-18-15(12-8-10-20-11-12)19-17-14-7-4-9-21-14/h1-11,16H. The Labute approximate surface area is 130 Å². The summed E-state index contributed by atoms with van der Waals surface area (Å²) in [6, 6.07) is 15.6. The van der Waals surface area contributed by atoms with E-state index in [1.807, 2.05) is 64.7 Å². The fourth-order valence-corrected chi connectivity index (χ4v) is 2.77. The Morgan fingerprint density at radius 1 is 0.952 bits per heavy atom. The number of hydrazone groups is 1. The maximum absolute atomic E-state index is 4.35. The fraction of sp³-hybridized carbons (Fsp3) is 0. The number of nitrogens with zero attached hydrogens (tertiary/aromatic N) is 3. The Morgan fingerprint density at radius 2 is 1.86 bits per heavy atom. The quantitative estimate of drug-likeness (QED) is 0.299. The Kier molecular flexibility index (Phi) is 4.50. The minimum Gasteiger partial charge on any atom is -0.276 e. The van der Waals surface area contributed by atoms with Gasteiger partial charge in [0.15, 0.2) is 0 Å². The maximum atomic E-state index is 4.35. The molecule has 0 bridgehead atoms. The Hall–Kier alpha value is -2.31. The highest BCUT2D eigenvalue weighted by Gasteiger charge is 2.03. The van der Waals surface area contributed by atoms with Gasteiger partial charge >= 0.3 is 0 Å². The van der Waals surface area contributed by atoms with Crippen LogP contribution >= 0.6 is 22.7 Å². The lowest BCUT2D eigenvalue weighted by atomic mass is 10.3. The zero-order chi connectivity index (χ0) is 14.3. The van der Waals surface area contributed by atoms with Crippen molar-refractivity contribution in [2.45, 2.75) is 0 Å². The molecule has 0 aliphatic carbocycles. The van der Waals surface area contributed by atoms with E-state index in [2.05, 4.69) is 20.8 Å². The first-order valence-electron chi connectivity index (χ1n) is 6.28. The number of nitrogens with one attached hydrogen (secondary N) is 1. The highest BCUT2D eigenvalue weighted by molar-refractivity contribution is 7.13. The van der Waals surface area contributed by atoms with Gasteiger partial charge in [0.1, 0.15) is 5.00 Å². The SMILES string of the molecule is c1ccc(NN=C(N=Nc2cccs2)c2ccsc2)cc1. The second-order valence-corrected chi connectivity index (χ2v) is 5.78. The summed E-state index contributed by atoms with van der Waals surface area (Å²) in [6.45, 7) is 0. The summed E-state index contributed by atoms with van der Waals surface area (Å²) >= 11 is 3.15. The molecule has 0 aliphatic heterocycles. The molecule has 0 atom stereocenters. The van der Waals surface area contributed by atoms with Gasteiger partial charge in [0.2, 0.25) is 5.84 Å². The lowest BCUT2D eigenvalue weighted by Crippen LogP contribution is -1.99. The fourth-order valence-electron chi connectivity index (χ4n) is 1.59. The van der Waals surface area contributed by atoms with Crippen LogP contribution in [-0.2, 0) is 0 Å². The van der Waals surface area contributed by atoms with Crippen LogP contribution in [0.2, 0.25) is 0 Å². The topological polar surface area (TPSA) is 49.1 Å². The average Bonchev–Trinajstić information content (AvgIpc) is 3.22. The number of amidine groups is 1. The molecule has 0 spiro atoms. The van der Waals surface area contributed by atoms with E-state index in [9.17, 15) is 0 Å². The van der Waals surface area contributed by atoms with E-state index >= 15 is 0 Å². The van der Waals surface area contributed by atoms with E-state index in [0.717, 1.165) is 16.3 Å². The van der Waals surface area contributed by atoms with Crippen molar-refractivity contribution in [3.05, 3.63) is 70.2 Å². The smallest absolute Gasteiger partial charge is 0.202 e. The van der Waals surface area contributed by atoms with Gasteiger partial charge in [0, 0.05) is 10.9 Å². The summed E-state index contributed by atoms with van der Waals surface area (Å²) in [5, 5.41) is 19.6. The molecule has 1 aromatic carbocycles. The first-order chi connectivity index (χ1) is 10.4. The molecule has 0 amide bonds. The monoisotopic (exact) mass is 312 g/mol. The lowest BCUT2D eigenvalue weighted by molar-refractivity contribution is 1.24. The predicted molar refractivity (Wildman–Crippen MR) is 89.8 cm³/mol. The normalized spacial score (nSPS) is 11.9. The highest BCUT2D eigenvalue weighted by atomic mass is 32.1. The summed E-state index contributed by atoms with van der Waals surface area (Å²) in [5.74, 6) is 0.563.